The van der Waals surface area contributed by atoms with E-state index < -0.39 is 5.97 Å². The Hall–Kier alpha value is -3.06. The molecule has 3 aromatic rings. The van der Waals surface area contributed by atoms with Gasteiger partial charge in [-0.1, -0.05) is 17.3 Å². The van der Waals surface area contributed by atoms with E-state index in [1.54, 1.807) is 48.2 Å². The first-order chi connectivity index (χ1) is 14.0. The fraction of sp³-hybridized carbons (Fsp3) is 0.227. The number of aromatic nitrogens is 1. The average molecular weight is 411 g/mol. The molecule has 0 saturated heterocycles. The standard InChI is InChI=1S/C22H21NO5S/c1-14-20(15(2)28-23-14)12-26-18-8-4-17(5-9-18)22(25)27-13-21(24)16-6-10-19(29-3)11-7-16/h4-11H,12-13H2,1-3H3. The van der Waals surface area contributed by atoms with Gasteiger partial charge in [0.2, 0.25) is 0 Å². The molecule has 0 N–H and O–H groups in total. The molecule has 0 saturated carbocycles. The normalized spacial score (nSPS) is 10.6. The molecule has 0 atom stereocenters. The molecule has 0 fully saturated rings. The lowest BCUT2D eigenvalue weighted by molar-refractivity contribution is 0.0474. The van der Waals surface area contributed by atoms with Gasteiger partial charge in [-0.2, -0.15) is 0 Å². The van der Waals surface area contributed by atoms with Gasteiger partial charge in [-0.25, -0.2) is 4.79 Å². The van der Waals surface area contributed by atoms with Gasteiger partial charge in [0.1, 0.15) is 18.1 Å². The lowest BCUT2D eigenvalue weighted by atomic mass is 10.1. The number of carbonyl (C=O) groups is 2. The summed E-state index contributed by atoms with van der Waals surface area (Å²) in [5.41, 5.74) is 2.55. The van der Waals surface area contributed by atoms with Crippen molar-refractivity contribution in [3.63, 3.8) is 0 Å². The number of benzene rings is 2. The van der Waals surface area contributed by atoms with E-state index in [9.17, 15) is 9.59 Å². The van der Waals surface area contributed by atoms with Crippen LogP contribution in [0.1, 0.15) is 37.7 Å². The number of Topliss-reactive ketones (excluding diaryl/α,β-unsaturated/α-hetero) is 1. The maximum Gasteiger partial charge on any atom is 0.338 e. The van der Waals surface area contributed by atoms with Crippen molar-refractivity contribution >= 4 is 23.5 Å². The maximum absolute atomic E-state index is 12.2. The predicted octanol–water partition coefficient (Wildman–Crippen LogP) is 4.63. The Bertz CT molecular complexity index is 974. The van der Waals surface area contributed by atoms with Crippen LogP contribution in [-0.2, 0) is 11.3 Å². The summed E-state index contributed by atoms with van der Waals surface area (Å²) in [4.78, 5) is 25.4. The second kappa shape index (κ2) is 9.43. The average Bonchev–Trinajstić information content (AvgIpc) is 3.08. The Kier molecular flexibility index (Phi) is 6.72. The van der Waals surface area contributed by atoms with Gasteiger partial charge < -0.3 is 14.0 Å². The summed E-state index contributed by atoms with van der Waals surface area (Å²) >= 11 is 1.60. The Morgan fingerprint density at radius 1 is 1.00 bits per heavy atom. The highest BCUT2D eigenvalue weighted by molar-refractivity contribution is 7.98. The summed E-state index contributed by atoms with van der Waals surface area (Å²) in [5, 5.41) is 3.89. The van der Waals surface area contributed by atoms with Gasteiger partial charge in [0.15, 0.2) is 12.4 Å². The third-order valence-corrected chi connectivity index (χ3v) is 5.14. The highest BCUT2D eigenvalue weighted by Crippen LogP contribution is 2.19. The second-order valence-corrected chi connectivity index (χ2v) is 7.22. The van der Waals surface area contributed by atoms with Crippen LogP contribution < -0.4 is 4.74 Å². The van der Waals surface area contributed by atoms with Crippen LogP contribution in [0.4, 0.5) is 0 Å². The molecule has 0 radical (unpaired) electrons. The summed E-state index contributed by atoms with van der Waals surface area (Å²) in [6.45, 7) is 3.71. The molecule has 0 spiro atoms. The second-order valence-electron chi connectivity index (χ2n) is 6.34. The number of carbonyl (C=O) groups excluding carboxylic acids is 2. The Morgan fingerprint density at radius 2 is 1.66 bits per heavy atom. The fourth-order valence-corrected chi connectivity index (χ4v) is 3.03. The van der Waals surface area contributed by atoms with Crippen molar-refractivity contribution in [3.8, 4) is 5.75 Å². The highest BCUT2D eigenvalue weighted by Gasteiger charge is 2.13. The SMILES string of the molecule is CSc1ccc(C(=O)COC(=O)c2ccc(OCc3c(C)noc3C)cc2)cc1. The maximum atomic E-state index is 12.2. The Balaban J connectivity index is 1.52. The molecule has 2 aromatic carbocycles. The van der Waals surface area contributed by atoms with E-state index in [1.807, 2.05) is 32.2 Å². The van der Waals surface area contributed by atoms with E-state index in [1.165, 1.54) is 0 Å². The molecule has 150 valence electrons. The number of aryl methyl sites for hydroxylation is 2. The quantitative estimate of drug-likeness (QED) is 0.304. The number of thioether (sulfide) groups is 1. The topological polar surface area (TPSA) is 78.6 Å². The minimum Gasteiger partial charge on any atom is -0.489 e. The lowest BCUT2D eigenvalue weighted by Crippen LogP contribution is -2.14. The van der Waals surface area contributed by atoms with E-state index in [-0.39, 0.29) is 12.4 Å². The third kappa shape index (κ3) is 5.26. The first-order valence-electron chi connectivity index (χ1n) is 8.97. The van der Waals surface area contributed by atoms with E-state index in [4.69, 9.17) is 14.0 Å². The van der Waals surface area contributed by atoms with Crippen molar-refractivity contribution in [1.82, 2.24) is 5.16 Å². The number of esters is 1. The van der Waals surface area contributed by atoms with Crippen molar-refractivity contribution in [3.05, 3.63) is 76.7 Å². The Labute approximate surface area is 173 Å². The van der Waals surface area contributed by atoms with Crippen LogP contribution in [0.3, 0.4) is 0 Å². The molecule has 0 aliphatic carbocycles. The molecule has 0 amide bonds. The van der Waals surface area contributed by atoms with E-state index >= 15 is 0 Å². The van der Waals surface area contributed by atoms with Crippen LogP contribution in [0, 0.1) is 13.8 Å². The minimum atomic E-state index is -0.559. The molecule has 0 aliphatic heterocycles. The minimum absolute atomic E-state index is 0.245. The Morgan fingerprint density at radius 3 is 2.24 bits per heavy atom. The molecular formula is C22H21NO5S. The first kappa shape index (κ1) is 20.7. The molecule has 6 nitrogen and oxygen atoms in total. The molecular weight excluding hydrogens is 390 g/mol. The number of ether oxygens (including phenoxy) is 2. The van der Waals surface area contributed by atoms with E-state index in [2.05, 4.69) is 5.16 Å². The van der Waals surface area contributed by atoms with Crippen LogP contribution in [0.2, 0.25) is 0 Å². The van der Waals surface area contributed by atoms with Crippen LogP contribution >= 0.6 is 11.8 Å². The largest absolute Gasteiger partial charge is 0.489 e. The molecule has 0 aliphatic rings. The van der Waals surface area contributed by atoms with Gasteiger partial charge in [-0.3, -0.25) is 4.79 Å². The summed E-state index contributed by atoms with van der Waals surface area (Å²) in [5.74, 6) is 0.517. The zero-order chi connectivity index (χ0) is 20.8. The fourth-order valence-electron chi connectivity index (χ4n) is 2.63. The van der Waals surface area contributed by atoms with Crippen LogP contribution in [0.15, 0.2) is 57.9 Å². The van der Waals surface area contributed by atoms with Crippen LogP contribution in [0.25, 0.3) is 0 Å². The summed E-state index contributed by atoms with van der Waals surface area (Å²) < 4.78 is 16.0. The lowest BCUT2D eigenvalue weighted by Gasteiger charge is -2.08. The molecule has 0 bridgehead atoms. The van der Waals surface area contributed by atoms with Gasteiger partial charge in [-0.05, 0) is 56.5 Å². The molecule has 0 unspecified atom stereocenters. The van der Waals surface area contributed by atoms with Gasteiger partial charge in [0.05, 0.1) is 16.8 Å². The van der Waals surface area contributed by atoms with Gasteiger partial charge in [0.25, 0.3) is 0 Å². The van der Waals surface area contributed by atoms with Crippen LogP contribution in [0.5, 0.6) is 5.75 Å². The molecule has 3 rings (SSSR count). The van der Waals surface area contributed by atoms with Crippen molar-refractivity contribution in [2.75, 3.05) is 12.9 Å². The molecule has 29 heavy (non-hydrogen) atoms. The summed E-state index contributed by atoms with van der Waals surface area (Å²) in [7, 11) is 0. The number of rotatable bonds is 8. The van der Waals surface area contributed by atoms with Crippen molar-refractivity contribution in [1.29, 1.82) is 0 Å². The smallest absolute Gasteiger partial charge is 0.338 e. The van der Waals surface area contributed by atoms with Crippen molar-refractivity contribution in [2.45, 2.75) is 25.3 Å². The highest BCUT2D eigenvalue weighted by atomic mass is 32.2. The summed E-state index contributed by atoms with van der Waals surface area (Å²) in [6.07, 6.45) is 1.96. The van der Waals surface area contributed by atoms with Crippen LogP contribution in [-0.4, -0.2) is 29.8 Å². The third-order valence-electron chi connectivity index (χ3n) is 4.40. The first-order valence-corrected chi connectivity index (χ1v) is 10.2. The van der Waals surface area contributed by atoms with Gasteiger partial charge >= 0.3 is 5.97 Å². The zero-order valence-corrected chi connectivity index (χ0v) is 17.2. The van der Waals surface area contributed by atoms with Crippen molar-refractivity contribution < 1.29 is 23.6 Å². The number of nitrogens with zero attached hydrogens (tertiary/aromatic N) is 1. The monoisotopic (exact) mass is 411 g/mol. The molecule has 1 heterocycles. The number of hydrogen-bond donors (Lipinski definition) is 0. The molecule has 1 aromatic heterocycles. The van der Waals surface area contributed by atoms with E-state index in [0.29, 0.717) is 23.5 Å². The van der Waals surface area contributed by atoms with Gasteiger partial charge in [0, 0.05) is 10.5 Å². The summed E-state index contributed by atoms with van der Waals surface area (Å²) in [6, 6.07) is 13.7. The van der Waals surface area contributed by atoms with E-state index in [0.717, 1.165) is 21.9 Å². The molecule has 7 heteroatoms. The predicted molar refractivity (Wildman–Crippen MR) is 110 cm³/mol. The van der Waals surface area contributed by atoms with Crippen molar-refractivity contribution in [2.24, 2.45) is 0 Å². The number of ketones is 1. The number of hydrogen-bond acceptors (Lipinski definition) is 7. The zero-order valence-electron chi connectivity index (χ0n) is 16.4. The van der Waals surface area contributed by atoms with Gasteiger partial charge in [-0.15, -0.1) is 11.8 Å².